The van der Waals surface area contributed by atoms with Gasteiger partial charge in [-0.1, -0.05) is 30.3 Å². The highest BCUT2D eigenvalue weighted by molar-refractivity contribution is 6.20. The average molecular weight is 308 g/mol. The van der Waals surface area contributed by atoms with Crippen molar-refractivity contribution in [3.63, 3.8) is 0 Å². The van der Waals surface area contributed by atoms with E-state index < -0.39 is 5.97 Å². The van der Waals surface area contributed by atoms with E-state index in [0.717, 1.165) is 24.0 Å². The van der Waals surface area contributed by atoms with E-state index in [1.807, 2.05) is 36.4 Å². The number of carboxylic acids is 1. The SMILES string of the molecule is COc1cccc(/C=C(\C(=O)O)c2ccc3c(c2)CCCC3)c1. The molecule has 0 radical (unpaired) electrons. The summed E-state index contributed by atoms with van der Waals surface area (Å²) in [4.78, 5) is 11.7. The largest absolute Gasteiger partial charge is 0.497 e. The molecule has 3 heteroatoms. The van der Waals surface area contributed by atoms with Crippen molar-refractivity contribution in [3.05, 3.63) is 64.7 Å². The lowest BCUT2D eigenvalue weighted by Crippen LogP contribution is -2.05. The van der Waals surface area contributed by atoms with Crippen molar-refractivity contribution in [3.8, 4) is 5.75 Å². The van der Waals surface area contributed by atoms with Crippen LogP contribution in [0, 0.1) is 0 Å². The molecule has 3 rings (SSSR count). The third kappa shape index (κ3) is 3.45. The van der Waals surface area contributed by atoms with Crippen LogP contribution in [0.1, 0.15) is 35.1 Å². The Morgan fingerprint density at radius 1 is 1.09 bits per heavy atom. The Balaban J connectivity index is 2.01. The highest BCUT2D eigenvalue weighted by Gasteiger charge is 2.15. The summed E-state index contributed by atoms with van der Waals surface area (Å²) >= 11 is 0. The molecule has 0 bridgehead atoms. The summed E-state index contributed by atoms with van der Waals surface area (Å²) in [6.45, 7) is 0. The van der Waals surface area contributed by atoms with Crippen LogP contribution in [0.5, 0.6) is 5.75 Å². The average Bonchev–Trinajstić information content (AvgIpc) is 2.59. The second-order valence-electron chi connectivity index (χ2n) is 5.83. The Kier molecular flexibility index (Phi) is 4.47. The third-order valence-electron chi connectivity index (χ3n) is 4.29. The van der Waals surface area contributed by atoms with Crippen molar-refractivity contribution in [1.29, 1.82) is 0 Å². The minimum Gasteiger partial charge on any atom is -0.497 e. The zero-order valence-corrected chi connectivity index (χ0v) is 13.2. The van der Waals surface area contributed by atoms with Gasteiger partial charge in [-0.2, -0.15) is 0 Å². The summed E-state index contributed by atoms with van der Waals surface area (Å²) in [5.74, 6) is -0.197. The number of hydrogen-bond donors (Lipinski definition) is 1. The van der Waals surface area contributed by atoms with Gasteiger partial charge in [-0.15, -0.1) is 0 Å². The molecule has 2 aromatic rings. The second-order valence-corrected chi connectivity index (χ2v) is 5.83. The number of carboxylic acid groups (broad SMARTS) is 1. The number of aliphatic carboxylic acids is 1. The van der Waals surface area contributed by atoms with Gasteiger partial charge in [-0.3, -0.25) is 0 Å². The van der Waals surface area contributed by atoms with E-state index in [1.54, 1.807) is 13.2 Å². The second kappa shape index (κ2) is 6.69. The Morgan fingerprint density at radius 3 is 2.61 bits per heavy atom. The molecule has 0 unspecified atom stereocenters. The van der Waals surface area contributed by atoms with Gasteiger partial charge < -0.3 is 9.84 Å². The van der Waals surface area contributed by atoms with Gasteiger partial charge in [0.15, 0.2) is 0 Å². The molecule has 1 aliphatic rings. The summed E-state index contributed by atoms with van der Waals surface area (Å²) < 4.78 is 5.20. The van der Waals surface area contributed by atoms with Crippen molar-refractivity contribution in [2.24, 2.45) is 0 Å². The number of rotatable bonds is 4. The monoisotopic (exact) mass is 308 g/mol. The van der Waals surface area contributed by atoms with Gasteiger partial charge in [-0.05, 0) is 66.1 Å². The van der Waals surface area contributed by atoms with E-state index in [9.17, 15) is 9.90 Å². The molecule has 0 amide bonds. The van der Waals surface area contributed by atoms with E-state index in [2.05, 4.69) is 6.07 Å². The highest BCUT2D eigenvalue weighted by Crippen LogP contribution is 2.27. The number of hydrogen-bond acceptors (Lipinski definition) is 2. The Bertz CT molecular complexity index is 759. The number of aryl methyl sites for hydroxylation is 2. The number of carbonyl (C=O) groups is 1. The molecule has 2 aromatic carbocycles. The van der Waals surface area contributed by atoms with E-state index in [1.165, 1.54) is 24.0 Å². The van der Waals surface area contributed by atoms with Crippen LogP contribution in [0.25, 0.3) is 11.6 Å². The maximum absolute atomic E-state index is 11.7. The van der Waals surface area contributed by atoms with Gasteiger partial charge in [0.1, 0.15) is 5.75 Å². The van der Waals surface area contributed by atoms with Crippen LogP contribution >= 0.6 is 0 Å². The molecule has 0 aliphatic heterocycles. The summed E-state index contributed by atoms with van der Waals surface area (Å²) in [6, 6.07) is 13.4. The Morgan fingerprint density at radius 2 is 1.87 bits per heavy atom. The molecule has 23 heavy (non-hydrogen) atoms. The van der Waals surface area contributed by atoms with Gasteiger partial charge in [0.25, 0.3) is 0 Å². The quantitative estimate of drug-likeness (QED) is 0.680. The smallest absolute Gasteiger partial charge is 0.336 e. The lowest BCUT2D eigenvalue weighted by atomic mass is 9.89. The van der Waals surface area contributed by atoms with Crippen molar-refractivity contribution in [2.45, 2.75) is 25.7 Å². The van der Waals surface area contributed by atoms with Crippen LogP contribution in [-0.2, 0) is 17.6 Å². The molecule has 0 saturated heterocycles. The zero-order valence-electron chi connectivity index (χ0n) is 13.2. The fourth-order valence-corrected chi connectivity index (χ4v) is 3.07. The maximum Gasteiger partial charge on any atom is 0.336 e. The van der Waals surface area contributed by atoms with Gasteiger partial charge in [0, 0.05) is 0 Å². The van der Waals surface area contributed by atoms with Crippen molar-refractivity contribution in [2.75, 3.05) is 7.11 Å². The standard InChI is InChI=1S/C20H20O3/c1-23-18-8-4-5-14(11-18)12-19(20(21)22)17-10-9-15-6-2-3-7-16(15)13-17/h4-5,8-13H,2-3,6-7H2,1H3,(H,21,22)/b19-12-. The fraction of sp³-hybridized carbons (Fsp3) is 0.250. The molecule has 1 N–H and O–H groups in total. The minimum atomic E-state index is -0.913. The van der Waals surface area contributed by atoms with Crippen LogP contribution in [0.15, 0.2) is 42.5 Å². The Labute approximate surface area is 136 Å². The van der Waals surface area contributed by atoms with Gasteiger partial charge in [0.2, 0.25) is 0 Å². The zero-order chi connectivity index (χ0) is 16.2. The van der Waals surface area contributed by atoms with E-state index >= 15 is 0 Å². The van der Waals surface area contributed by atoms with E-state index in [4.69, 9.17) is 4.74 Å². The lowest BCUT2D eigenvalue weighted by molar-refractivity contribution is -0.130. The summed E-state index contributed by atoms with van der Waals surface area (Å²) in [5, 5.41) is 9.62. The van der Waals surface area contributed by atoms with Gasteiger partial charge >= 0.3 is 5.97 Å². The van der Waals surface area contributed by atoms with Crippen molar-refractivity contribution < 1.29 is 14.6 Å². The molecule has 0 spiro atoms. The molecule has 118 valence electrons. The maximum atomic E-state index is 11.7. The summed E-state index contributed by atoms with van der Waals surface area (Å²) in [6.07, 6.45) is 6.23. The predicted octanol–water partition coefficient (Wildman–Crippen LogP) is 4.20. The first-order valence-corrected chi connectivity index (χ1v) is 7.88. The normalized spacial score (nSPS) is 14.2. The molecule has 1 aliphatic carbocycles. The van der Waals surface area contributed by atoms with Crippen LogP contribution in [0.4, 0.5) is 0 Å². The molecule has 0 atom stereocenters. The number of ether oxygens (including phenoxy) is 1. The fourth-order valence-electron chi connectivity index (χ4n) is 3.07. The first kappa shape index (κ1) is 15.3. The molecule has 0 heterocycles. The Hall–Kier alpha value is -2.55. The van der Waals surface area contributed by atoms with Gasteiger partial charge in [0.05, 0.1) is 12.7 Å². The molecule has 0 saturated carbocycles. The third-order valence-corrected chi connectivity index (χ3v) is 4.29. The van der Waals surface area contributed by atoms with Crippen LogP contribution in [0.2, 0.25) is 0 Å². The number of fused-ring (bicyclic) bond motifs is 1. The first-order chi connectivity index (χ1) is 11.2. The molecule has 3 nitrogen and oxygen atoms in total. The molecule has 0 fully saturated rings. The van der Waals surface area contributed by atoms with Crippen LogP contribution in [0.3, 0.4) is 0 Å². The summed E-state index contributed by atoms with van der Waals surface area (Å²) in [5.41, 5.74) is 4.53. The van der Waals surface area contributed by atoms with Gasteiger partial charge in [-0.25, -0.2) is 4.79 Å². The molecule has 0 aromatic heterocycles. The molecular weight excluding hydrogens is 288 g/mol. The topological polar surface area (TPSA) is 46.5 Å². The predicted molar refractivity (Wildman–Crippen MR) is 91.6 cm³/mol. The van der Waals surface area contributed by atoms with E-state index in [0.29, 0.717) is 11.3 Å². The summed E-state index contributed by atoms with van der Waals surface area (Å²) in [7, 11) is 1.60. The molecular formula is C20H20O3. The van der Waals surface area contributed by atoms with Crippen molar-refractivity contribution in [1.82, 2.24) is 0 Å². The van der Waals surface area contributed by atoms with E-state index in [-0.39, 0.29) is 0 Å². The van der Waals surface area contributed by atoms with Crippen LogP contribution < -0.4 is 4.74 Å². The van der Waals surface area contributed by atoms with Crippen LogP contribution in [-0.4, -0.2) is 18.2 Å². The lowest BCUT2D eigenvalue weighted by Gasteiger charge is -2.16. The number of benzene rings is 2. The minimum absolute atomic E-state index is 0.312. The highest BCUT2D eigenvalue weighted by atomic mass is 16.5. The number of methoxy groups -OCH3 is 1. The first-order valence-electron chi connectivity index (χ1n) is 7.88. The van der Waals surface area contributed by atoms with Crippen molar-refractivity contribution >= 4 is 17.6 Å².